The van der Waals surface area contributed by atoms with E-state index in [1.807, 2.05) is 0 Å². The van der Waals surface area contributed by atoms with Crippen molar-refractivity contribution in [2.24, 2.45) is 0 Å². The van der Waals surface area contributed by atoms with Crippen LogP contribution in [0.3, 0.4) is 0 Å². The molecule has 0 spiro atoms. The molecule has 0 aliphatic heterocycles. The monoisotopic (exact) mass is 202 g/mol. The van der Waals surface area contributed by atoms with E-state index in [2.05, 4.69) is 9.97 Å². The van der Waals surface area contributed by atoms with Crippen molar-refractivity contribution in [1.29, 1.82) is 0 Å². The second-order valence-corrected chi connectivity index (χ2v) is 2.26. The SMILES string of the molecule is COc1ncc(C=C(F)F)c(OC)n1. The van der Waals surface area contributed by atoms with E-state index in [-0.39, 0.29) is 17.5 Å². The minimum Gasteiger partial charge on any atom is -0.480 e. The van der Waals surface area contributed by atoms with Crippen molar-refractivity contribution >= 4 is 6.08 Å². The first-order valence-corrected chi connectivity index (χ1v) is 3.65. The standard InChI is InChI=1S/C8H8F2N2O2/c1-13-7-5(3-6(9)10)4-11-8(12-7)14-2/h3-4H,1-2H3. The summed E-state index contributed by atoms with van der Waals surface area (Å²) in [4.78, 5) is 7.40. The minimum absolute atomic E-state index is 0.0460. The average molecular weight is 202 g/mol. The topological polar surface area (TPSA) is 44.2 Å². The van der Waals surface area contributed by atoms with Crippen LogP contribution >= 0.6 is 0 Å². The van der Waals surface area contributed by atoms with Crippen molar-refractivity contribution in [3.05, 3.63) is 17.8 Å². The summed E-state index contributed by atoms with van der Waals surface area (Å²) in [5, 5.41) is 0. The van der Waals surface area contributed by atoms with Gasteiger partial charge in [0.25, 0.3) is 6.08 Å². The van der Waals surface area contributed by atoms with E-state index < -0.39 is 6.08 Å². The van der Waals surface area contributed by atoms with E-state index in [9.17, 15) is 8.78 Å². The summed E-state index contributed by atoms with van der Waals surface area (Å²) >= 11 is 0. The van der Waals surface area contributed by atoms with Gasteiger partial charge in [0.1, 0.15) is 0 Å². The fraction of sp³-hybridized carbons (Fsp3) is 0.250. The predicted molar refractivity (Wildman–Crippen MR) is 45.3 cm³/mol. The van der Waals surface area contributed by atoms with E-state index in [0.29, 0.717) is 6.08 Å². The van der Waals surface area contributed by atoms with Crippen LogP contribution in [0.25, 0.3) is 6.08 Å². The molecule has 6 heteroatoms. The van der Waals surface area contributed by atoms with Crippen LogP contribution in [-0.4, -0.2) is 24.2 Å². The maximum Gasteiger partial charge on any atom is 0.319 e. The third kappa shape index (κ3) is 2.38. The van der Waals surface area contributed by atoms with Crippen LogP contribution in [0.5, 0.6) is 11.9 Å². The Labute approximate surface area is 79.2 Å². The second-order valence-electron chi connectivity index (χ2n) is 2.26. The Morgan fingerprint density at radius 1 is 1.36 bits per heavy atom. The molecule has 0 fully saturated rings. The Morgan fingerprint density at radius 2 is 2.07 bits per heavy atom. The van der Waals surface area contributed by atoms with Gasteiger partial charge in [-0.05, 0) is 0 Å². The average Bonchev–Trinajstić information content (AvgIpc) is 2.17. The molecular formula is C8H8F2N2O2. The molecule has 0 aliphatic carbocycles. The lowest BCUT2D eigenvalue weighted by Crippen LogP contribution is -1.97. The van der Waals surface area contributed by atoms with Crippen LogP contribution in [0.15, 0.2) is 12.3 Å². The van der Waals surface area contributed by atoms with Crippen LogP contribution in [-0.2, 0) is 0 Å². The molecule has 0 bridgehead atoms. The summed E-state index contributed by atoms with van der Waals surface area (Å²) in [6, 6.07) is 0.0678. The summed E-state index contributed by atoms with van der Waals surface area (Å²) < 4.78 is 33.4. The lowest BCUT2D eigenvalue weighted by atomic mass is 10.3. The maximum atomic E-state index is 11.9. The van der Waals surface area contributed by atoms with Crippen molar-refractivity contribution in [2.45, 2.75) is 0 Å². The van der Waals surface area contributed by atoms with Crippen molar-refractivity contribution < 1.29 is 18.3 Å². The highest BCUT2D eigenvalue weighted by Crippen LogP contribution is 2.20. The Bertz CT molecular complexity index is 351. The van der Waals surface area contributed by atoms with Crippen molar-refractivity contribution in [1.82, 2.24) is 9.97 Å². The highest BCUT2D eigenvalue weighted by molar-refractivity contribution is 5.54. The van der Waals surface area contributed by atoms with Gasteiger partial charge in [-0.1, -0.05) is 0 Å². The molecule has 14 heavy (non-hydrogen) atoms. The largest absolute Gasteiger partial charge is 0.480 e. The molecule has 0 unspecified atom stereocenters. The van der Waals surface area contributed by atoms with Crippen LogP contribution < -0.4 is 9.47 Å². The lowest BCUT2D eigenvalue weighted by Gasteiger charge is -2.03. The number of aromatic nitrogens is 2. The van der Waals surface area contributed by atoms with Crippen molar-refractivity contribution in [3.63, 3.8) is 0 Å². The molecule has 0 saturated heterocycles. The van der Waals surface area contributed by atoms with Gasteiger partial charge in [-0.15, -0.1) is 0 Å². The maximum absolute atomic E-state index is 11.9. The number of rotatable bonds is 3. The quantitative estimate of drug-likeness (QED) is 0.748. The van der Waals surface area contributed by atoms with Gasteiger partial charge < -0.3 is 9.47 Å². The van der Waals surface area contributed by atoms with Crippen LogP contribution in [0.4, 0.5) is 8.78 Å². The fourth-order valence-corrected chi connectivity index (χ4v) is 0.839. The number of halogens is 2. The lowest BCUT2D eigenvalue weighted by molar-refractivity contribution is 0.351. The molecular weight excluding hydrogens is 194 g/mol. The Hall–Kier alpha value is -1.72. The first-order valence-electron chi connectivity index (χ1n) is 3.65. The Morgan fingerprint density at radius 3 is 2.57 bits per heavy atom. The van der Waals surface area contributed by atoms with Gasteiger partial charge in [0.05, 0.1) is 19.8 Å². The molecule has 0 aromatic carbocycles. The minimum atomic E-state index is -1.84. The second kappa shape index (κ2) is 4.50. The van der Waals surface area contributed by atoms with E-state index in [0.717, 1.165) is 0 Å². The Balaban J connectivity index is 3.11. The summed E-state index contributed by atoms with van der Waals surface area (Å²) in [7, 11) is 2.70. The number of hydrogen-bond acceptors (Lipinski definition) is 4. The van der Waals surface area contributed by atoms with E-state index in [4.69, 9.17) is 9.47 Å². The molecule has 76 valence electrons. The summed E-state index contributed by atoms with van der Waals surface area (Å²) in [5.74, 6) is 0.0460. The first kappa shape index (κ1) is 10.4. The molecule has 1 aromatic heterocycles. The van der Waals surface area contributed by atoms with Gasteiger partial charge in [0, 0.05) is 12.3 Å². The highest BCUT2D eigenvalue weighted by Gasteiger charge is 2.06. The number of hydrogen-bond donors (Lipinski definition) is 0. The van der Waals surface area contributed by atoms with E-state index in [1.165, 1.54) is 20.4 Å². The summed E-state index contributed by atoms with van der Waals surface area (Å²) in [6.07, 6.45) is -0.0145. The summed E-state index contributed by atoms with van der Waals surface area (Å²) in [6.45, 7) is 0. The molecule has 0 saturated carbocycles. The smallest absolute Gasteiger partial charge is 0.319 e. The van der Waals surface area contributed by atoms with Crippen LogP contribution in [0.1, 0.15) is 5.56 Å². The zero-order valence-corrected chi connectivity index (χ0v) is 7.62. The molecule has 1 heterocycles. The van der Waals surface area contributed by atoms with Crippen molar-refractivity contribution in [2.75, 3.05) is 14.2 Å². The molecule has 4 nitrogen and oxygen atoms in total. The van der Waals surface area contributed by atoms with Crippen LogP contribution in [0.2, 0.25) is 0 Å². The van der Waals surface area contributed by atoms with Gasteiger partial charge in [0.15, 0.2) is 0 Å². The van der Waals surface area contributed by atoms with E-state index in [1.54, 1.807) is 0 Å². The van der Waals surface area contributed by atoms with Gasteiger partial charge in [0.2, 0.25) is 5.88 Å². The number of methoxy groups -OCH3 is 2. The van der Waals surface area contributed by atoms with E-state index >= 15 is 0 Å². The zero-order valence-electron chi connectivity index (χ0n) is 7.62. The molecule has 0 radical (unpaired) electrons. The summed E-state index contributed by atoms with van der Waals surface area (Å²) in [5.41, 5.74) is 0.105. The van der Waals surface area contributed by atoms with Gasteiger partial charge in [-0.25, -0.2) is 4.98 Å². The number of ether oxygens (including phenoxy) is 2. The molecule has 1 aromatic rings. The predicted octanol–water partition coefficient (Wildman–Crippen LogP) is 1.73. The zero-order chi connectivity index (χ0) is 10.6. The third-order valence-corrected chi connectivity index (χ3v) is 1.40. The Kier molecular flexibility index (Phi) is 3.33. The van der Waals surface area contributed by atoms with Crippen LogP contribution in [0, 0.1) is 0 Å². The molecule has 0 atom stereocenters. The van der Waals surface area contributed by atoms with Gasteiger partial charge in [-0.2, -0.15) is 13.8 Å². The highest BCUT2D eigenvalue weighted by atomic mass is 19.3. The number of nitrogens with zero attached hydrogens (tertiary/aromatic N) is 2. The molecule has 0 amide bonds. The van der Waals surface area contributed by atoms with Crippen molar-refractivity contribution in [3.8, 4) is 11.9 Å². The molecule has 0 aliphatic rings. The molecule has 1 rings (SSSR count). The van der Waals surface area contributed by atoms with Gasteiger partial charge in [-0.3, -0.25) is 0 Å². The van der Waals surface area contributed by atoms with Gasteiger partial charge >= 0.3 is 6.01 Å². The normalized spacial score (nSPS) is 9.43. The fourth-order valence-electron chi connectivity index (χ4n) is 0.839. The molecule has 0 N–H and O–H groups in total. The first-order chi connectivity index (χ1) is 6.67. The third-order valence-electron chi connectivity index (χ3n) is 1.40.